The summed E-state index contributed by atoms with van der Waals surface area (Å²) in [6.07, 6.45) is 6.32. The molecule has 16 heavy (non-hydrogen) atoms. The van der Waals surface area contributed by atoms with Crippen LogP contribution < -0.4 is 5.32 Å². The summed E-state index contributed by atoms with van der Waals surface area (Å²) in [5, 5.41) is 3.48. The Balaban J connectivity index is 1.96. The highest BCUT2D eigenvalue weighted by molar-refractivity contribution is 5.09. The van der Waals surface area contributed by atoms with Gasteiger partial charge in [-0.1, -0.05) is 13.3 Å². The molecular formula is C13H21N3. The molecule has 0 aromatic carbocycles. The number of hydrogen-bond acceptors (Lipinski definition) is 3. The average Bonchev–Trinajstić information content (AvgIpc) is 2.33. The zero-order valence-corrected chi connectivity index (χ0v) is 10.0. The van der Waals surface area contributed by atoms with Crippen LogP contribution in [0.4, 0.5) is 0 Å². The first-order chi connectivity index (χ1) is 7.90. The number of nitrogens with zero attached hydrogens (tertiary/aromatic N) is 2. The van der Waals surface area contributed by atoms with Crippen LogP contribution in [0.15, 0.2) is 24.5 Å². The molecule has 3 heteroatoms. The molecule has 2 rings (SSSR count). The predicted molar refractivity (Wildman–Crippen MR) is 66.2 cm³/mol. The molecule has 0 amide bonds. The predicted octanol–water partition coefficient (Wildman–Crippen LogP) is 1.66. The molecule has 0 saturated carbocycles. The summed E-state index contributed by atoms with van der Waals surface area (Å²) in [6.45, 7) is 6.74. The van der Waals surface area contributed by atoms with E-state index < -0.39 is 0 Å². The van der Waals surface area contributed by atoms with Gasteiger partial charge in [-0.3, -0.25) is 9.88 Å². The van der Waals surface area contributed by atoms with Crippen LogP contribution in [0, 0.1) is 0 Å². The van der Waals surface area contributed by atoms with Gasteiger partial charge in [-0.15, -0.1) is 0 Å². The minimum Gasteiger partial charge on any atom is -0.314 e. The Morgan fingerprint density at radius 2 is 2.25 bits per heavy atom. The molecule has 1 aliphatic rings. The maximum atomic E-state index is 4.06. The van der Waals surface area contributed by atoms with Crippen LogP contribution >= 0.6 is 0 Å². The van der Waals surface area contributed by atoms with Gasteiger partial charge in [0.05, 0.1) is 0 Å². The first-order valence-electron chi connectivity index (χ1n) is 6.24. The second-order valence-corrected chi connectivity index (χ2v) is 4.47. The van der Waals surface area contributed by atoms with Crippen molar-refractivity contribution >= 4 is 0 Å². The lowest BCUT2D eigenvalue weighted by atomic mass is 10.1. The van der Waals surface area contributed by atoms with E-state index in [1.54, 1.807) is 0 Å². The first kappa shape index (κ1) is 11.6. The zero-order chi connectivity index (χ0) is 11.2. The van der Waals surface area contributed by atoms with E-state index in [4.69, 9.17) is 0 Å². The smallest absolute Gasteiger partial charge is 0.0271 e. The summed E-state index contributed by atoms with van der Waals surface area (Å²) in [7, 11) is 0. The van der Waals surface area contributed by atoms with Crippen LogP contribution in [0.25, 0.3) is 0 Å². The fourth-order valence-corrected chi connectivity index (χ4v) is 2.35. The standard InChI is InChI=1S/C13H21N3/c1-2-3-13-10-15-8-9-16(13)11-12-4-6-14-7-5-12/h4-7,13,15H,2-3,8-11H2,1H3. The van der Waals surface area contributed by atoms with Gasteiger partial charge in [0.1, 0.15) is 0 Å². The van der Waals surface area contributed by atoms with Crippen LogP contribution in [0.5, 0.6) is 0 Å². The molecule has 0 spiro atoms. The third kappa shape index (κ3) is 3.03. The van der Waals surface area contributed by atoms with Crippen molar-refractivity contribution in [3.8, 4) is 0 Å². The van der Waals surface area contributed by atoms with E-state index in [-0.39, 0.29) is 0 Å². The molecule has 1 fully saturated rings. The molecule has 0 radical (unpaired) electrons. The lowest BCUT2D eigenvalue weighted by Crippen LogP contribution is -2.50. The van der Waals surface area contributed by atoms with E-state index in [2.05, 4.69) is 34.3 Å². The largest absolute Gasteiger partial charge is 0.314 e. The topological polar surface area (TPSA) is 28.2 Å². The van der Waals surface area contributed by atoms with Crippen LogP contribution in [-0.2, 0) is 6.54 Å². The van der Waals surface area contributed by atoms with E-state index in [0.29, 0.717) is 6.04 Å². The maximum absolute atomic E-state index is 4.06. The summed E-state index contributed by atoms with van der Waals surface area (Å²) in [6, 6.07) is 4.93. The number of hydrogen-bond donors (Lipinski definition) is 1. The fraction of sp³-hybridized carbons (Fsp3) is 0.615. The van der Waals surface area contributed by atoms with Crippen molar-refractivity contribution < 1.29 is 0 Å². The van der Waals surface area contributed by atoms with Crippen molar-refractivity contribution in [1.29, 1.82) is 0 Å². The Labute approximate surface area is 97.9 Å². The van der Waals surface area contributed by atoms with Gasteiger partial charge in [-0.2, -0.15) is 0 Å². The lowest BCUT2D eigenvalue weighted by molar-refractivity contribution is 0.144. The van der Waals surface area contributed by atoms with E-state index in [1.807, 2.05) is 12.4 Å². The molecule has 1 atom stereocenters. The molecule has 1 aromatic rings. The summed E-state index contributed by atoms with van der Waals surface area (Å²) < 4.78 is 0. The van der Waals surface area contributed by atoms with Crippen molar-refractivity contribution in [2.75, 3.05) is 19.6 Å². The number of nitrogens with one attached hydrogen (secondary N) is 1. The first-order valence-corrected chi connectivity index (χ1v) is 6.24. The molecule has 88 valence electrons. The summed E-state index contributed by atoms with van der Waals surface area (Å²) >= 11 is 0. The summed E-state index contributed by atoms with van der Waals surface area (Å²) in [5.41, 5.74) is 1.37. The maximum Gasteiger partial charge on any atom is 0.0271 e. The Bertz CT molecular complexity index is 297. The molecule has 1 unspecified atom stereocenters. The molecule has 1 aliphatic heterocycles. The third-order valence-corrected chi connectivity index (χ3v) is 3.23. The van der Waals surface area contributed by atoms with Gasteiger partial charge in [-0.05, 0) is 24.1 Å². The second-order valence-electron chi connectivity index (χ2n) is 4.47. The van der Waals surface area contributed by atoms with E-state index in [0.717, 1.165) is 26.2 Å². The third-order valence-electron chi connectivity index (χ3n) is 3.23. The van der Waals surface area contributed by atoms with Gasteiger partial charge in [0.25, 0.3) is 0 Å². The van der Waals surface area contributed by atoms with Crippen molar-refractivity contribution in [2.45, 2.75) is 32.4 Å². The van der Waals surface area contributed by atoms with Gasteiger partial charge in [0, 0.05) is 44.6 Å². The molecule has 0 bridgehead atoms. The molecule has 2 heterocycles. The number of piperazine rings is 1. The minimum atomic E-state index is 0.701. The number of rotatable bonds is 4. The number of pyridine rings is 1. The monoisotopic (exact) mass is 219 g/mol. The van der Waals surface area contributed by atoms with E-state index in [9.17, 15) is 0 Å². The minimum absolute atomic E-state index is 0.701. The van der Waals surface area contributed by atoms with Gasteiger partial charge in [-0.25, -0.2) is 0 Å². The van der Waals surface area contributed by atoms with Crippen molar-refractivity contribution in [2.24, 2.45) is 0 Å². The van der Waals surface area contributed by atoms with Gasteiger partial charge in [0.15, 0.2) is 0 Å². The molecule has 3 nitrogen and oxygen atoms in total. The summed E-state index contributed by atoms with van der Waals surface area (Å²) in [4.78, 5) is 6.66. The zero-order valence-electron chi connectivity index (χ0n) is 10.0. The van der Waals surface area contributed by atoms with E-state index >= 15 is 0 Å². The second kappa shape index (κ2) is 5.97. The molecule has 1 saturated heterocycles. The van der Waals surface area contributed by atoms with Gasteiger partial charge >= 0.3 is 0 Å². The van der Waals surface area contributed by atoms with Gasteiger partial charge < -0.3 is 5.32 Å². The van der Waals surface area contributed by atoms with E-state index in [1.165, 1.54) is 18.4 Å². The highest BCUT2D eigenvalue weighted by Crippen LogP contribution is 2.13. The molecule has 1 aromatic heterocycles. The average molecular weight is 219 g/mol. The Kier molecular flexibility index (Phi) is 4.31. The normalized spacial score (nSPS) is 22.2. The van der Waals surface area contributed by atoms with Crippen molar-refractivity contribution in [3.05, 3.63) is 30.1 Å². The van der Waals surface area contributed by atoms with Crippen LogP contribution in [0.3, 0.4) is 0 Å². The quantitative estimate of drug-likeness (QED) is 0.834. The highest BCUT2D eigenvalue weighted by atomic mass is 15.2. The Hall–Kier alpha value is -0.930. The van der Waals surface area contributed by atoms with Gasteiger partial charge in [0.2, 0.25) is 0 Å². The summed E-state index contributed by atoms with van der Waals surface area (Å²) in [5.74, 6) is 0. The van der Waals surface area contributed by atoms with Crippen LogP contribution in [0.2, 0.25) is 0 Å². The van der Waals surface area contributed by atoms with Crippen molar-refractivity contribution in [1.82, 2.24) is 15.2 Å². The SMILES string of the molecule is CCCC1CNCCN1Cc1ccncc1. The van der Waals surface area contributed by atoms with Crippen LogP contribution in [-0.4, -0.2) is 35.6 Å². The fourth-order valence-electron chi connectivity index (χ4n) is 2.35. The Morgan fingerprint density at radius 1 is 1.44 bits per heavy atom. The number of aromatic nitrogens is 1. The molecule has 1 N–H and O–H groups in total. The van der Waals surface area contributed by atoms with Crippen molar-refractivity contribution in [3.63, 3.8) is 0 Å². The lowest BCUT2D eigenvalue weighted by Gasteiger charge is -2.36. The molecular weight excluding hydrogens is 198 g/mol. The van der Waals surface area contributed by atoms with Crippen LogP contribution in [0.1, 0.15) is 25.3 Å². The highest BCUT2D eigenvalue weighted by Gasteiger charge is 2.20. The molecule has 0 aliphatic carbocycles. The Morgan fingerprint density at radius 3 is 3.00 bits per heavy atom.